The van der Waals surface area contributed by atoms with E-state index in [2.05, 4.69) is 29.3 Å². The van der Waals surface area contributed by atoms with Crippen molar-refractivity contribution >= 4 is 51.3 Å². The Balaban J connectivity index is 1.37. The third-order valence-corrected chi connectivity index (χ3v) is 7.21. The van der Waals surface area contributed by atoms with Gasteiger partial charge in [-0.3, -0.25) is 9.69 Å². The van der Waals surface area contributed by atoms with Crippen LogP contribution in [-0.2, 0) is 11.4 Å². The number of carbonyl (C=O) groups excluding carboxylic acids is 1. The second-order valence-electron chi connectivity index (χ2n) is 8.79. The maximum absolute atomic E-state index is 12.9. The van der Waals surface area contributed by atoms with Gasteiger partial charge in [0.25, 0.3) is 5.91 Å². The van der Waals surface area contributed by atoms with Crippen molar-refractivity contribution in [1.29, 1.82) is 0 Å². The summed E-state index contributed by atoms with van der Waals surface area (Å²) in [6, 6.07) is 26.2. The van der Waals surface area contributed by atoms with Gasteiger partial charge in [-0.15, -0.1) is 0 Å². The zero-order valence-electron chi connectivity index (χ0n) is 21.5. The number of aromatic carboxylic acids is 1. The zero-order chi connectivity index (χ0) is 27.4. The molecule has 0 atom stereocenters. The van der Waals surface area contributed by atoms with E-state index in [1.165, 1.54) is 28.8 Å². The van der Waals surface area contributed by atoms with Crippen LogP contribution in [0.3, 0.4) is 0 Å². The molecule has 4 aromatic rings. The average molecular weight is 539 g/mol. The third-order valence-electron chi connectivity index (χ3n) is 6.15. The number of aliphatic imine (C=N–C) groups is 1. The molecule has 4 aromatic carbocycles. The van der Waals surface area contributed by atoms with E-state index in [-0.39, 0.29) is 11.5 Å². The molecule has 5 rings (SSSR count). The average Bonchev–Trinajstić information content (AvgIpc) is 3.20. The maximum atomic E-state index is 12.9. The van der Waals surface area contributed by atoms with Crippen LogP contribution in [0, 0.1) is 0 Å². The molecule has 0 saturated carbocycles. The smallest absolute Gasteiger partial charge is 0.335 e. The highest BCUT2D eigenvalue weighted by atomic mass is 32.2. The number of rotatable bonds is 8. The molecule has 0 aliphatic carbocycles. The standard InChI is InChI=1S/C31H26N2O5S/c1-3-37-27-16-20(14-15-26(27)38-19-23-11-6-9-21-8-4-5-13-25(21)23)17-28-29(34)33(2)31(39-28)32-24-12-7-10-22(18-24)30(35)36/h4-18H,3,19H2,1-2H3,(H,35,36)/b28-17-,32-31?. The van der Waals surface area contributed by atoms with Gasteiger partial charge in [0.05, 0.1) is 22.8 Å². The predicted octanol–water partition coefficient (Wildman–Crippen LogP) is 6.75. The highest BCUT2D eigenvalue weighted by molar-refractivity contribution is 8.18. The van der Waals surface area contributed by atoms with Crippen LogP contribution >= 0.6 is 11.8 Å². The van der Waals surface area contributed by atoms with Crippen LogP contribution in [0.2, 0.25) is 0 Å². The molecule has 8 heteroatoms. The highest BCUT2D eigenvalue weighted by Gasteiger charge is 2.30. The number of hydrogen-bond donors (Lipinski definition) is 1. The quantitative estimate of drug-likeness (QED) is 0.250. The van der Waals surface area contributed by atoms with Crippen LogP contribution in [0.25, 0.3) is 16.8 Å². The van der Waals surface area contributed by atoms with Gasteiger partial charge in [0.2, 0.25) is 0 Å². The number of amides is 1. The van der Waals surface area contributed by atoms with Crippen LogP contribution in [0.15, 0.2) is 94.8 Å². The number of carbonyl (C=O) groups is 2. The number of carboxylic acids is 1. The summed E-state index contributed by atoms with van der Waals surface area (Å²) in [5, 5.41) is 12.0. The van der Waals surface area contributed by atoms with E-state index < -0.39 is 5.97 Å². The van der Waals surface area contributed by atoms with Crippen molar-refractivity contribution in [3.8, 4) is 11.5 Å². The number of ether oxygens (including phenoxy) is 2. The molecule has 0 spiro atoms. The second kappa shape index (κ2) is 11.4. The van der Waals surface area contributed by atoms with Gasteiger partial charge in [0, 0.05) is 7.05 Å². The van der Waals surface area contributed by atoms with E-state index in [1.54, 1.807) is 25.3 Å². The van der Waals surface area contributed by atoms with Crippen molar-refractivity contribution in [3.05, 3.63) is 107 Å². The number of benzene rings is 4. The van der Waals surface area contributed by atoms with Crippen molar-refractivity contribution < 1.29 is 24.2 Å². The first-order valence-corrected chi connectivity index (χ1v) is 13.2. The number of nitrogens with zero attached hydrogens (tertiary/aromatic N) is 2. The Morgan fingerprint density at radius 3 is 2.59 bits per heavy atom. The number of fused-ring (bicyclic) bond motifs is 1. The first-order chi connectivity index (χ1) is 18.9. The SMILES string of the molecule is CCOc1cc(/C=C2\SC(=Nc3cccc(C(=O)O)c3)N(C)C2=O)ccc1OCc1cccc2ccccc12. The third kappa shape index (κ3) is 5.81. The first-order valence-electron chi connectivity index (χ1n) is 12.4. The Morgan fingerprint density at radius 2 is 1.77 bits per heavy atom. The minimum Gasteiger partial charge on any atom is -0.490 e. The Labute approximate surface area is 230 Å². The number of likely N-dealkylation sites (N-methyl/N-ethyl adjacent to an activating group) is 1. The molecule has 1 aliphatic rings. The lowest BCUT2D eigenvalue weighted by Crippen LogP contribution is -2.23. The fourth-order valence-electron chi connectivity index (χ4n) is 4.20. The molecule has 7 nitrogen and oxygen atoms in total. The number of thioether (sulfide) groups is 1. The van der Waals surface area contributed by atoms with Crippen LogP contribution in [0.1, 0.15) is 28.4 Å². The lowest BCUT2D eigenvalue weighted by molar-refractivity contribution is -0.121. The largest absolute Gasteiger partial charge is 0.490 e. The van der Waals surface area contributed by atoms with Crippen molar-refractivity contribution in [2.45, 2.75) is 13.5 Å². The molecule has 39 heavy (non-hydrogen) atoms. The summed E-state index contributed by atoms with van der Waals surface area (Å²) in [6.07, 6.45) is 1.79. The topological polar surface area (TPSA) is 88.4 Å². The minimum absolute atomic E-state index is 0.135. The molecule has 0 bridgehead atoms. The van der Waals surface area contributed by atoms with Crippen molar-refractivity contribution in [2.24, 2.45) is 4.99 Å². The molecule has 1 fully saturated rings. The first kappa shape index (κ1) is 26.1. The molecule has 0 aromatic heterocycles. The van der Waals surface area contributed by atoms with Crippen LogP contribution < -0.4 is 9.47 Å². The summed E-state index contributed by atoms with van der Waals surface area (Å²) in [6.45, 7) is 2.77. The summed E-state index contributed by atoms with van der Waals surface area (Å²) in [4.78, 5) is 30.7. The predicted molar refractivity (Wildman–Crippen MR) is 155 cm³/mol. The molecular formula is C31H26N2O5S. The van der Waals surface area contributed by atoms with Gasteiger partial charge in [-0.25, -0.2) is 9.79 Å². The monoisotopic (exact) mass is 538 g/mol. The van der Waals surface area contributed by atoms with E-state index in [0.29, 0.717) is 40.5 Å². The zero-order valence-corrected chi connectivity index (χ0v) is 22.3. The summed E-state index contributed by atoms with van der Waals surface area (Å²) < 4.78 is 12.0. The van der Waals surface area contributed by atoms with E-state index in [4.69, 9.17) is 9.47 Å². The molecule has 196 valence electrons. The molecular weight excluding hydrogens is 512 g/mol. The molecule has 0 unspecified atom stereocenters. The van der Waals surface area contributed by atoms with E-state index in [9.17, 15) is 14.7 Å². The van der Waals surface area contributed by atoms with Crippen molar-refractivity contribution in [3.63, 3.8) is 0 Å². The molecule has 0 radical (unpaired) electrons. The highest BCUT2D eigenvalue weighted by Crippen LogP contribution is 2.36. The van der Waals surface area contributed by atoms with Gasteiger partial charge in [-0.1, -0.05) is 54.6 Å². The van der Waals surface area contributed by atoms with E-state index in [1.807, 2.05) is 43.3 Å². The number of hydrogen-bond acceptors (Lipinski definition) is 6. The van der Waals surface area contributed by atoms with Gasteiger partial charge in [0.15, 0.2) is 16.7 Å². The lowest BCUT2D eigenvalue weighted by atomic mass is 10.1. The second-order valence-corrected chi connectivity index (χ2v) is 9.80. The number of amidine groups is 1. The van der Waals surface area contributed by atoms with E-state index in [0.717, 1.165) is 21.9 Å². The molecule has 1 aliphatic heterocycles. The van der Waals surface area contributed by atoms with Gasteiger partial charge < -0.3 is 14.6 Å². The fourth-order valence-corrected chi connectivity index (χ4v) is 5.18. The van der Waals surface area contributed by atoms with E-state index >= 15 is 0 Å². The summed E-state index contributed by atoms with van der Waals surface area (Å²) >= 11 is 1.23. The lowest BCUT2D eigenvalue weighted by Gasteiger charge is -2.14. The van der Waals surface area contributed by atoms with Crippen LogP contribution in [0.5, 0.6) is 11.5 Å². The van der Waals surface area contributed by atoms with Crippen molar-refractivity contribution in [1.82, 2.24) is 4.90 Å². The summed E-state index contributed by atoms with van der Waals surface area (Å²) in [5.74, 6) is -0.0107. The number of carboxylic acid groups (broad SMARTS) is 1. The maximum Gasteiger partial charge on any atom is 0.335 e. The fraction of sp³-hybridized carbons (Fsp3) is 0.129. The van der Waals surface area contributed by atoms with Crippen LogP contribution in [0.4, 0.5) is 5.69 Å². The molecule has 1 heterocycles. The van der Waals surface area contributed by atoms with Gasteiger partial charge in [-0.2, -0.15) is 0 Å². The Kier molecular flexibility index (Phi) is 7.65. The van der Waals surface area contributed by atoms with Gasteiger partial charge >= 0.3 is 5.97 Å². The molecule has 1 amide bonds. The molecule has 1 N–H and O–H groups in total. The minimum atomic E-state index is -1.03. The van der Waals surface area contributed by atoms with Gasteiger partial charge in [0.1, 0.15) is 6.61 Å². The summed E-state index contributed by atoms with van der Waals surface area (Å²) in [5.41, 5.74) is 2.47. The molecule has 1 saturated heterocycles. The Bertz CT molecular complexity index is 1620. The van der Waals surface area contributed by atoms with Gasteiger partial charge in [-0.05, 0) is 77.0 Å². The summed E-state index contributed by atoms with van der Waals surface area (Å²) in [7, 11) is 1.64. The van der Waals surface area contributed by atoms with Crippen LogP contribution in [-0.4, -0.2) is 40.7 Å². The van der Waals surface area contributed by atoms with Crippen molar-refractivity contribution in [2.75, 3.05) is 13.7 Å². The Hall–Kier alpha value is -4.56. The normalized spacial score (nSPS) is 15.3. The Morgan fingerprint density at radius 1 is 0.974 bits per heavy atom.